The second-order valence-electron chi connectivity index (χ2n) is 4.69. The Hall–Kier alpha value is -0.450. The number of nitrogens with zero attached hydrogens (tertiary/aromatic N) is 1. The number of hydrogen-bond acceptors (Lipinski definition) is 4. The molecule has 1 aliphatic carbocycles. The SMILES string of the molecule is NCC1(c2nsc3ccsc23)CCCCC1. The predicted octanol–water partition coefficient (Wildman–Crippen LogP) is 3.52. The largest absolute Gasteiger partial charge is 0.330 e. The standard InChI is InChI=1S/C12H16N2S2/c13-8-12(5-2-1-3-6-12)11-10-9(16-14-11)4-7-15-10/h4,7H,1-3,5-6,8,13H2. The molecular formula is C12H16N2S2. The molecule has 0 amide bonds. The van der Waals surface area contributed by atoms with Crippen LogP contribution in [0.3, 0.4) is 0 Å². The highest BCUT2D eigenvalue weighted by atomic mass is 32.1. The van der Waals surface area contributed by atoms with Gasteiger partial charge in [0.2, 0.25) is 0 Å². The van der Waals surface area contributed by atoms with E-state index >= 15 is 0 Å². The highest BCUT2D eigenvalue weighted by Crippen LogP contribution is 2.43. The van der Waals surface area contributed by atoms with Gasteiger partial charge in [-0.05, 0) is 35.8 Å². The maximum Gasteiger partial charge on any atom is 0.0794 e. The van der Waals surface area contributed by atoms with Crippen LogP contribution in [-0.4, -0.2) is 10.9 Å². The van der Waals surface area contributed by atoms with Gasteiger partial charge in [0.15, 0.2) is 0 Å². The summed E-state index contributed by atoms with van der Waals surface area (Å²) in [6, 6.07) is 2.17. The van der Waals surface area contributed by atoms with Crippen LogP contribution >= 0.6 is 22.9 Å². The van der Waals surface area contributed by atoms with Crippen molar-refractivity contribution in [1.82, 2.24) is 4.37 Å². The predicted molar refractivity (Wildman–Crippen MR) is 71.3 cm³/mol. The van der Waals surface area contributed by atoms with Gasteiger partial charge in [0.25, 0.3) is 0 Å². The minimum atomic E-state index is 0.182. The Labute approximate surface area is 104 Å². The van der Waals surface area contributed by atoms with Crippen molar-refractivity contribution in [3.63, 3.8) is 0 Å². The molecule has 16 heavy (non-hydrogen) atoms. The van der Waals surface area contributed by atoms with Crippen LogP contribution in [0.25, 0.3) is 9.40 Å². The van der Waals surface area contributed by atoms with Crippen molar-refractivity contribution in [1.29, 1.82) is 0 Å². The molecular weight excluding hydrogens is 236 g/mol. The molecule has 2 N–H and O–H groups in total. The molecule has 0 unspecified atom stereocenters. The Morgan fingerprint density at radius 2 is 2.12 bits per heavy atom. The molecule has 2 aromatic rings. The van der Waals surface area contributed by atoms with E-state index in [1.165, 1.54) is 47.2 Å². The molecule has 0 radical (unpaired) electrons. The number of hydrogen-bond donors (Lipinski definition) is 1. The summed E-state index contributed by atoms with van der Waals surface area (Å²) < 4.78 is 7.41. The number of rotatable bonds is 2. The summed E-state index contributed by atoms with van der Waals surface area (Å²) in [4.78, 5) is 0. The Morgan fingerprint density at radius 3 is 2.88 bits per heavy atom. The molecule has 2 nitrogen and oxygen atoms in total. The van der Waals surface area contributed by atoms with Crippen molar-refractivity contribution in [3.05, 3.63) is 17.1 Å². The third kappa shape index (κ3) is 1.51. The van der Waals surface area contributed by atoms with Crippen molar-refractivity contribution in [2.75, 3.05) is 6.54 Å². The van der Waals surface area contributed by atoms with Crippen molar-refractivity contribution in [2.45, 2.75) is 37.5 Å². The molecule has 86 valence electrons. The molecule has 1 aliphatic rings. The van der Waals surface area contributed by atoms with E-state index in [1.807, 2.05) is 11.3 Å². The first-order chi connectivity index (χ1) is 7.86. The van der Waals surface area contributed by atoms with Gasteiger partial charge in [0.1, 0.15) is 0 Å². The van der Waals surface area contributed by atoms with E-state index in [4.69, 9.17) is 10.1 Å². The van der Waals surface area contributed by atoms with Crippen molar-refractivity contribution in [3.8, 4) is 0 Å². The van der Waals surface area contributed by atoms with Crippen LogP contribution in [0.4, 0.5) is 0 Å². The Kier molecular flexibility index (Phi) is 2.73. The van der Waals surface area contributed by atoms with Gasteiger partial charge >= 0.3 is 0 Å². The molecule has 2 heterocycles. The minimum Gasteiger partial charge on any atom is -0.330 e. The van der Waals surface area contributed by atoms with E-state index < -0.39 is 0 Å². The summed E-state index contributed by atoms with van der Waals surface area (Å²) in [6.45, 7) is 0.754. The van der Waals surface area contributed by atoms with E-state index in [0.717, 1.165) is 6.54 Å². The smallest absolute Gasteiger partial charge is 0.0794 e. The van der Waals surface area contributed by atoms with Gasteiger partial charge in [-0.25, -0.2) is 0 Å². The van der Waals surface area contributed by atoms with Crippen LogP contribution in [-0.2, 0) is 5.41 Å². The fourth-order valence-corrected chi connectivity index (χ4v) is 4.86. The molecule has 1 saturated carbocycles. The lowest BCUT2D eigenvalue weighted by Crippen LogP contribution is -2.37. The Bertz CT molecular complexity index is 480. The molecule has 0 bridgehead atoms. The minimum absolute atomic E-state index is 0.182. The second kappa shape index (κ2) is 4.09. The van der Waals surface area contributed by atoms with Gasteiger partial charge in [-0.2, -0.15) is 4.37 Å². The summed E-state index contributed by atoms with van der Waals surface area (Å²) in [5.41, 5.74) is 7.54. The fraction of sp³-hybridized carbons (Fsp3) is 0.583. The lowest BCUT2D eigenvalue weighted by atomic mass is 9.72. The summed E-state index contributed by atoms with van der Waals surface area (Å²) in [5, 5.41) is 2.17. The molecule has 4 heteroatoms. The van der Waals surface area contributed by atoms with Gasteiger partial charge in [0, 0.05) is 12.0 Å². The van der Waals surface area contributed by atoms with Crippen LogP contribution in [0.5, 0.6) is 0 Å². The highest BCUT2D eigenvalue weighted by Gasteiger charge is 2.36. The summed E-state index contributed by atoms with van der Waals surface area (Å²) in [7, 11) is 0. The summed E-state index contributed by atoms with van der Waals surface area (Å²) in [5.74, 6) is 0. The highest BCUT2D eigenvalue weighted by molar-refractivity contribution is 7.24. The lowest BCUT2D eigenvalue weighted by Gasteiger charge is -2.34. The first-order valence-electron chi connectivity index (χ1n) is 5.89. The van der Waals surface area contributed by atoms with Crippen molar-refractivity contribution >= 4 is 32.3 Å². The topological polar surface area (TPSA) is 38.9 Å². The van der Waals surface area contributed by atoms with E-state index in [2.05, 4.69) is 11.4 Å². The normalized spacial score (nSPS) is 20.3. The van der Waals surface area contributed by atoms with Gasteiger partial charge in [0.05, 0.1) is 15.1 Å². The molecule has 0 atom stereocenters. The molecule has 0 aromatic carbocycles. The van der Waals surface area contributed by atoms with Crippen LogP contribution in [0, 0.1) is 0 Å². The maximum atomic E-state index is 6.06. The zero-order chi connectivity index (χ0) is 11.0. The maximum absolute atomic E-state index is 6.06. The average molecular weight is 252 g/mol. The van der Waals surface area contributed by atoms with Crippen molar-refractivity contribution in [2.24, 2.45) is 5.73 Å². The molecule has 0 spiro atoms. The van der Waals surface area contributed by atoms with Gasteiger partial charge in [-0.15, -0.1) is 11.3 Å². The monoisotopic (exact) mass is 252 g/mol. The molecule has 0 aliphatic heterocycles. The first-order valence-corrected chi connectivity index (χ1v) is 7.54. The van der Waals surface area contributed by atoms with Crippen molar-refractivity contribution < 1.29 is 0 Å². The summed E-state index contributed by atoms with van der Waals surface area (Å²) in [6.07, 6.45) is 6.42. The first kappa shape index (κ1) is 10.7. The molecule has 2 aromatic heterocycles. The zero-order valence-corrected chi connectivity index (χ0v) is 10.9. The Balaban J connectivity index is 2.09. The number of fused-ring (bicyclic) bond motifs is 1. The summed E-state index contributed by atoms with van der Waals surface area (Å²) >= 11 is 3.45. The van der Waals surface area contributed by atoms with Crippen LogP contribution in [0.15, 0.2) is 11.4 Å². The Morgan fingerprint density at radius 1 is 1.31 bits per heavy atom. The van der Waals surface area contributed by atoms with E-state index in [1.54, 1.807) is 11.5 Å². The fourth-order valence-electron chi connectivity index (χ4n) is 2.78. The van der Waals surface area contributed by atoms with Crippen LogP contribution in [0.2, 0.25) is 0 Å². The third-order valence-electron chi connectivity index (χ3n) is 3.78. The van der Waals surface area contributed by atoms with E-state index in [9.17, 15) is 0 Å². The third-order valence-corrected chi connectivity index (χ3v) is 5.64. The number of aromatic nitrogens is 1. The number of nitrogens with two attached hydrogens (primary N) is 1. The van der Waals surface area contributed by atoms with E-state index in [0.29, 0.717) is 0 Å². The number of thiophene rings is 1. The second-order valence-corrected chi connectivity index (χ2v) is 6.41. The molecule has 1 fully saturated rings. The zero-order valence-electron chi connectivity index (χ0n) is 9.24. The van der Waals surface area contributed by atoms with E-state index in [-0.39, 0.29) is 5.41 Å². The van der Waals surface area contributed by atoms with Gasteiger partial charge in [-0.1, -0.05) is 19.3 Å². The van der Waals surface area contributed by atoms with Crippen LogP contribution < -0.4 is 5.73 Å². The van der Waals surface area contributed by atoms with Gasteiger partial charge in [-0.3, -0.25) is 0 Å². The molecule has 3 rings (SSSR count). The lowest BCUT2D eigenvalue weighted by molar-refractivity contribution is 0.298. The quantitative estimate of drug-likeness (QED) is 0.888. The van der Waals surface area contributed by atoms with Gasteiger partial charge < -0.3 is 5.73 Å². The molecule has 0 saturated heterocycles. The average Bonchev–Trinajstić information content (AvgIpc) is 2.91. The van der Waals surface area contributed by atoms with Crippen LogP contribution in [0.1, 0.15) is 37.8 Å².